The van der Waals surface area contributed by atoms with Gasteiger partial charge < -0.3 is 0 Å². The SMILES string of the molecule is C1C[Te]CN1. The van der Waals surface area contributed by atoms with Crippen molar-refractivity contribution in [3.05, 3.63) is 0 Å². The van der Waals surface area contributed by atoms with Gasteiger partial charge in [-0.15, -0.1) is 0 Å². The molecule has 0 unspecified atom stereocenters. The van der Waals surface area contributed by atoms with Crippen LogP contribution in [0.15, 0.2) is 0 Å². The third-order valence-electron chi connectivity index (χ3n) is 0.627. The summed E-state index contributed by atoms with van der Waals surface area (Å²) in [4.78, 5) is 0. The molecule has 2 heteroatoms. The van der Waals surface area contributed by atoms with Crippen molar-refractivity contribution in [3.8, 4) is 0 Å². The van der Waals surface area contributed by atoms with E-state index < -0.39 is 0 Å². The van der Waals surface area contributed by atoms with Gasteiger partial charge in [-0.05, 0) is 0 Å². The van der Waals surface area contributed by atoms with Crippen molar-refractivity contribution in [1.29, 1.82) is 0 Å². The molecule has 1 N–H and O–H groups in total. The summed E-state index contributed by atoms with van der Waals surface area (Å²) < 4.78 is 2.90. The van der Waals surface area contributed by atoms with E-state index in [1.807, 2.05) is 0 Å². The van der Waals surface area contributed by atoms with Gasteiger partial charge >= 0.3 is 41.8 Å². The van der Waals surface area contributed by atoms with Crippen molar-refractivity contribution in [2.24, 2.45) is 0 Å². The molecule has 30 valence electrons. The summed E-state index contributed by atoms with van der Waals surface area (Å²) in [6, 6.07) is 0. The normalized spacial score (nSPS) is 24.0. The van der Waals surface area contributed by atoms with E-state index in [-0.39, 0.29) is 0 Å². The van der Waals surface area contributed by atoms with Crippen LogP contribution < -0.4 is 5.32 Å². The maximum absolute atomic E-state index is 3.28. The Kier molecular flexibility index (Phi) is 1.59. The van der Waals surface area contributed by atoms with Crippen molar-refractivity contribution in [2.45, 2.75) is 4.47 Å². The predicted molar refractivity (Wildman–Crippen MR) is 23.4 cm³/mol. The zero-order chi connectivity index (χ0) is 3.54. The molecule has 0 aromatic heterocycles. The molecule has 0 aromatic carbocycles. The molecule has 0 atom stereocenters. The second-order valence-corrected chi connectivity index (χ2v) is 4.21. The van der Waals surface area contributed by atoms with E-state index in [1.165, 1.54) is 15.6 Å². The second-order valence-electron chi connectivity index (χ2n) is 1.05. The molecule has 1 rings (SSSR count). The van der Waals surface area contributed by atoms with E-state index in [0.717, 1.165) is 0 Å². The van der Waals surface area contributed by atoms with Crippen molar-refractivity contribution >= 4 is 20.9 Å². The zero-order valence-corrected chi connectivity index (χ0v) is 5.36. The average Bonchev–Trinajstić information content (AvgIpc) is 1.76. The molecule has 0 saturated carbocycles. The van der Waals surface area contributed by atoms with Gasteiger partial charge in [-0.1, -0.05) is 0 Å². The van der Waals surface area contributed by atoms with E-state index >= 15 is 0 Å². The fourth-order valence-electron chi connectivity index (χ4n) is 0.361. The van der Waals surface area contributed by atoms with E-state index in [2.05, 4.69) is 5.32 Å². The van der Waals surface area contributed by atoms with Crippen molar-refractivity contribution in [2.75, 3.05) is 11.1 Å². The third-order valence-corrected chi connectivity index (χ3v) is 3.20. The van der Waals surface area contributed by atoms with Gasteiger partial charge in [-0.2, -0.15) is 0 Å². The Hall–Kier alpha value is 0.750. The Bertz CT molecular complexity index is 18.5. The van der Waals surface area contributed by atoms with Crippen LogP contribution in [-0.2, 0) is 0 Å². The van der Waals surface area contributed by atoms with Crippen LogP contribution in [0.3, 0.4) is 0 Å². The van der Waals surface area contributed by atoms with Crippen LogP contribution in [0, 0.1) is 0 Å². The molecule has 5 heavy (non-hydrogen) atoms. The van der Waals surface area contributed by atoms with Crippen LogP contribution in [0.2, 0.25) is 4.47 Å². The molecule has 0 aromatic rings. The number of rotatable bonds is 0. The first-order valence-electron chi connectivity index (χ1n) is 1.78. The monoisotopic (exact) mass is 187 g/mol. The van der Waals surface area contributed by atoms with E-state index in [4.69, 9.17) is 0 Å². The van der Waals surface area contributed by atoms with Crippen LogP contribution in [0.1, 0.15) is 0 Å². The third kappa shape index (κ3) is 1.09. The molecule has 0 radical (unpaired) electrons. The first kappa shape index (κ1) is 3.92. The summed E-state index contributed by atoms with van der Waals surface area (Å²) in [6.45, 7) is 1.31. The van der Waals surface area contributed by atoms with E-state index in [9.17, 15) is 0 Å². The van der Waals surface area contributed by atoms with E-state index in [0.29, 0.717) is 20.9 Å². The van der Waals surface area contributed by atoms with Crippen LogP contribution in [0.4, 0.5) is 0 Å². The minimum atomic E-state index is 0.493. The van der Waals surface area contributed by atoms with Gasteiger partial charge in [0.15, 0.2) is 0 Å². The van der Waals surface area contributed by atoms with Crippen LogP contribution in [0.5, 0.6) is 0 Å². The van der Waals surface area contributed by atoms with Crippen molar-refractivity contribution in [1.82, 2.24) is 5.32 Å². The first-order valence-corrected chi connectivity index (χ1v) is 5.08. The van der Waals surface area contributed by atoms with Gasteiger partial charge in [0.2, 0.25) is 0 Å². The summed E-state index contributed by atoms with van der Waals surface area (Å²) in [7, 11) is 0. The molecule has 0 amide bonds. The predicted octanol–water partition coefficient (Wildman–Crippen LogP) is -0.330. The molecular weight excluding hydrogens is 178 g/mol. The van der Waals surface area contributed by atoms with Gasteiger partial charge in [0.1, 0.15) is 0 Å². The van der Waals surface area contributed by atoms with Crippen LogP contribution in [-0.4, -0.2) is 32.1 Å². The van der Waals surface area contributed by atoms with Gasteiger partial charge in [0, 0.05) is 0 Å². The Morgan fingerprint density at radius 1 is 1.60 bits per heavy atom. The molecule has 1 aliphatic rings. The summed E-state index contributed by atoms with van der Waals surface area (Å²) in [5.74, 6) is 0. The fourth-order valence-corrected chi connectivity index (χ4v) is 2.42. The standard InChI is InChI=1S/C3H7NTe/c1-2-5-3-4-1/h4H,1-3H2. The molecule has 0 spiro atoms. The van der Waals surface area contributed by atoms with Gasteiger partial charge in [-0.3, -0.25) is 0 Å². The van der Waals surface area contributed by atoms with Crippen LogP contribution >= 0.6 is 0 Å². The Morgan fingerprint density at radius 2 is 2.60 bits per heavy atom. The maximum atomic E-state index is 3.28. The summed E-state index contributed by atoms with van der Waals surface area (Å²) in [5.41, 5.74) is 0. The fraction of sp³-hybridized carbons (Fsp3) is 1.00. The number of nitrogens with one attached hydrogen (secondary N) is 1. The Balaban J connectivity index is 2.08. The summed E-state index contributed by atoms with van der Waals surface area (Å²) >= 11 is 0.493. The number of hydrogen-bond acceptors (Lipinski definition) is 1. The summed E-state index contributed by atoms with van der Waals surface area (Å²) in [5, 5.41) is 3.28. The first-order chi connectivity index (χ1) is 2.50. The number of hydrogen-bond donors (Lipinski definition) is 1. The molecule has 1 fully saturated rings. The van der Waals surface area contributed by atoms with Crippen LogP contribution in [0.25, 0.3) is 0 Å². The average molecular weight is 185 g/mol. The summed E-state index contributed by atoms with van der Waals surface area (Å²) in [6.07, 6.45) is 0. The molecule has 1 aliphatic heterocycles. The van der Waals surface area contributed by atoms with Crippen molar-refractivity contribution < 1.29 is 0 Å². The second kappa shape index (κ2) is 2.02. The van der Waals surface area contributed by atoms with Gasteiger partial charge in [0.05, 0.1) is 0 Å². The molecule has 1 saturated heterocycles. The Morgan fingerprint density at radius 3 is 2.80 bits per heavy atom. The molecule has 1 heterocycles. The molecule has 1 nitrogen and oxygen atoms in total. The molecular formula is C3H7NTe. The minimum absolute atomic E-state index is 0.493. The van der Waals surface area contributed by atoms with Crippen molar-refractivity contribution in [3.63, 3.8) is 0 Å². The van der Waals surface area contributed by atoms with Gasteiger partial charge in [0.25, 0.3) is 0 Å². The van der Waals surface area contributed by atoms with E-state index in [1.54, 1.807) is 0 Å². The molecule has 0 aliphatic carbocycles. The quantitative estimate of drug-likeness (QED) is 0.509. The van der Waals surface area contributed by atoms with Gasteiger partial charge in [-0.25, -0.2) is 0 Å². The molecule has 0 bridgehead atoms. The topological polar surface area (TPSA) is 12.0 Å². The Labute approximate surface area is 42.2 Å². The zero-order valence-electron chi connectivity index (χ0n) is 3.03.